The molecule has 0 atom stereocenters. The third-order valence-electron chi connectivity index (χ3n) is 2.33. The van der Waals surface area contributed by atoms with Crippen molar-refractivity contribution in [3.05, 3.63) is 37.4 Å². The molecule has 0 amide bonds. The quantitative estimate of drug-likeness (QED) is 0.348. The molecule has 0 aromatic heterocycles. The molecule has 1 N–H and O–H groups in total. The lowest BCUT2D eigenvalue weighted by Gasteiger charge is -2.32. The summed E-state index contributed by atoms with van der Waals surface area (Å²) in [4.78, 5) is 9.34. The second-order valence-corrected chi connectivity index (χ2v) is 4.91. The summed E-state index contributed by atoms with van der Waals surface area (Å²) in [6, 6.07) is 1.20. The molecule has 1 aromatic rings. The highest BCUT2D eigenvalue weighted by molar-refractivity contribution is 14.1. The minimum Gasteiger partial charge on any atom is -0.369 e. The van der Waals surface area contributed by atoms with Crippen molar-refractivity contribution in [1.82, 2.24) is 0 Å². The summed E-state index contributed by atoms with van der Waals surface area (Å²) in [5.41, 5.74) is -7.82. The summed E-state index contributed by atoms with van der Waals surface area (Å²) in [5, 5.41) is 19.6. The number of nitro benzene ring substituents is 1. The highest BCUT2D eigenvalue weighted by atomic mass is 127. The first-order chi connectivity index (χ1) is 8.80. The number of nitro groups is 1. The molecular weight excluding hydrogens is 411 g/mol. The van der Waals surface area contributed by atoms with E-state index in [2.05, 4.69) is 0 Å². The number of benzene rings is 1. The molecule has 0 spiro atoms. The fourth-order valence-corrected chi connectivity index (χ4v) is 2.03. The maximum absolute atomic E-state index is 12.6. The zero-order valence-corrected chi connectivity index (χ0v) is 11.2. The number of hydrogen-bond acceptors (Lipinski definition) is 3. The summed E-state index contributed by atoms with van der Waals surface area (Å²) >= 11 is 1.31. The number of halogens is 7. The number of non-ortho nitro benzene ring substituents is 1. The lowest BCUT2D eigenvalue weighted by Crippen LogP contribution is -2.54. The van der Waals surface area contributed by atoms with E-state index in [0.29, 0.717) is 6.07 Å². The van der Waals surface area contributed by atoms with Crippen molar-refractivity contribution in [1.29, 1.82) is 0 Å². The average Bonchev–Trinajstić information content (AvgIpc) is 2.23. The number of hydrogen-bond donors (Lipinski definition) is 1. The number of alkyl halides is 6. The summed E-state index contributed by atoms with van der Waals surface area (Å²) in [6.45, 7) is 0. The second kappa shape index (κ2) is 5.02. The zero-order chi connectivity index (χ0) is 15.9. The van der Waals surface area contributed by atoms with Gasteiger partial charge in [0.2, 0.25) is 0 Å². The van der Waals surface area contributed by atoms with E-state index in [1.807, 2.05) is 0 Å². The molecule has 1 aromatic carbocycles. The lowest BCUT2D eigenvalue weighted by molar-refractivity contribution is -0.387. The molecule has 0 saturated carbocycles. The topological polar surface area (TPSA) is 63.4 Å². The lowest BCUT2D eigenvalue weighted by atomic mass is 9.92. The van der Waals surface area contributed by atoms with Crippen molar-refractivity contribution in [3.63, 3.8) is 0 Å². The maximum atomic E-state index is 12.6. The van der Waals surface area contributed by atoms with Crippen LogP contribution in [-0.4, -0.2) is 22.4 Å². The van der Waals surface area contributed by atoms with Gasteiger partial charge in [0, 0.05) is 21.3 Å². The molecule has 0 saturated heterocycles. The molecule has 0 bridgehead atoms. The molecule has 0 aliphatic carbocycles. The van der Waals surface area contributed by atoms with Gasteiger partial charge in [-0.3, -0.25) is 10.1 Å². The molecule has 11 heteroatoms. The molecule has 4 nitrogen and oxygen atoms in total. The van der Waals surface area contributed by atoms with E-state index in [-0.39, 0.29) is 9.64 Å². The van der Waals surface area contributed by atoms with Crippen molar-refractivity contribution in [2.24, 2.45) is 0 Å². The van der Waals surface area contributed by atoms with Crippen LogP contribution < -0.4 is 0 Å². The van der Waals surface area contributed by atoms with E-state index >= 15 is 0 Å². The van der Waals surface area contributed by atoms with Crippen LogP contribution in [0.25, 0.3) is 0 Å². The Kier molecular flexibility index (Phi) is 4.25. The highest BCUT2D eigenvalue weighted by Gasteiger charge is 2.71. The van der Waals surface area contributed by atoms with Crippen molar-refractivity contribution in [2.75, 3.05) is 0 Å². The summed E-state index contributed by atoms with van der Waals surface area (Å²) in [7, 11) is 0. The summed E-state index contributed by atoms with van der Waals surface area (Å²) < 4.78 is 75.4. The van der Waals surface area contributed by atoms with Gasteiger partial charge in [-0.15, -0.1) is 0 Å². The normalized spacial score (nSPS) is 13.4. The Labute approximate surface area is 120 Å². The Bertz CT molecular complexity index is 527. The first-order valence-electron chi connectivity index (χ1n) is 4.62. The molecule has 112 valence electrons. The monoisotopic (exact) mass is 415 g/mol. The van der Waals surface area contributed by atoms with Crippen LogP contribution in [0.1, 0.15) is 5.56 Å². The Morgan fingerprint density at radius 1 is 1.05 bits per heavy atom. The number of rotatable bonds is 2. The molecular formula is C9H4F6INO3. The number of aliphatic hydroxyl groups is 1. The molecule has 1 rings (SSSR count). The van der Waals surface area contributed by atoms with Gasteiger partial charge < -0.3 is 5.11 Å². The minimum absolute atomic E-state index is 0.0448. The average molecular weight is 415 g/mol. The van der Waals surface area contributed by atoms with Gasteiger partial charge >= 0.3 is 12.4 Å². The van der Waals surface area contributed by atoms with Crippen LogP contribution in [0.15, 0.2) is 18.2 Å². The minimum atomic E-state index is -6.08. The van der Waals surface area contributed by atoms with E-state index in [0.717, 1.165) is 6.07 Å². The van der Waals surface area contributed by atoms with Crippen LogP contribution in [0.3, 0.4) is 0 Å². The highest BCUT2D eigenvalue weighted by Crippen LogP contribution is 2.50. The largest absolute Gasteiger partial charge is 0.430 e. The van der Waals surface area contributed by atoms with Gasteiger partial charge in [-0.25, -0.2) is 0 Å². The third-order valence-corrected chi connectivity index (χ3v) is 2.95. The molecule has 0 unspecified atom stereocenters. The Hall–Kier alpha value is -1.11. The standard InChI is InChI=1S/C9H4F6INO3/c10-8(11,12)7(18,9(13,14)15)4-1-5(16)3-6(2-4)17(19)20/h1-3,18H. The van der Waals surface area contributed by atoms with Crippen LogP contribution in [0.5, 0.6) is 0 Å². The SMILES string of the molecule is O=[N+]([O-])c1cc(I)cc(C(O)(C(F)(F)F)C(F)(F)F)c1. The predicted octanol–water partition coefficient (Wildman–Crippen LogP) is 3.51. The summed E-state index contributed by atoms with van der Waals surface area (Å²) in [5.74, 6) is 0. The Morgan fingerprint density at radius 3 is 1.85 bits per heavy atom. The molecule has 0 fully saturated rings. The van der Waals surface area contributed by atoms with Crippen LogP contribution >= 0.6 is 22.6 Å². The van der Waals surface area contributed by atoms with Crippen molar-refractivity contribution < 1.29 is 36.4 Å². The zero-order valence-electron chi connectivity index (χ0n) is 9.09. The Morgan fingerprint density at radius 2 is 1.50 bits per heavy atom. The molecule has 0 heterocycles. The first kappa shape index (κ1) is 16.9. The molecule has 0 aliphatic rings. The molecule has 0 aliphatic heterocycles. The van der Waals surface area contributed by atoms with Gasteiger partial charge in [0.05, 0.1) is 4.92 Å². The third kappa shape index (κ3) is 2.82. The molecule has 0 radical (unpaired) electrons. The van der Waals surface area contributed by atoms with Crippen LogP contribution in [0, 0.1) is 13.7 Å². The smallest absolute Gasteiger partial charge is 0.369 e. The van der Waals surface area contributed by atoms with Gasteiger partial charge in [-0.1, -0.05) is 0 Å². The maximum Gasteiger partial charge on any atom is 0.430 e. The Balaban J connectivity index is 3.64. The van der Waals surface area contributed by atoms with Gasteiger partial charge in [0.25, 0.3) is 11.3 Å². The van der Waals surface area contributed by atoms with Crippen molar-refractivity contribution >= 4 is 28.3 Å². The van der Waals surface area contributed by atoms with Gasteiger partial charge in [0.1, 0.15) is 0 Å². The van der Waals surface area contributed by atoms with E-state index in [9.17, 15) is 36.5 Å². The van der Waals surface area contributed by atoms with Gasteiger partial charge in [-0.05, 0) is 28.7 Å². The predicted molar refractivity (Wildman–Crippen MR) is 61.8 cm³/mol. The van der Waals surface area contributed by atoms with Gasteiger partial charge in [-0.2, -0.15) is 26.3 Å². The number of nitrogens with zero attached hydrogens (tertiary/aromatic N) is 1. The van der Waals surface area contributed by atoms with E-state index < -0.39 is 34.1 Å². The van der Waals surface area contributed by atoms with Crippen LogP contribution in [0.2, 0.25) is 0 Å². The van der Waals surface area contributed by atoms with E-state index in [1.54, 1.807) is 0 Å². The van der Waals surface area contributed by atoms with Gasteiger partial charge in [0.15, 0.2) is 0 Å². The summed E-state index contributed by atoms with van der Waals surface area (Å²) in [6.07, 6.45) is -12.2. The van der Waals surface area contributed by atoms with Crippen molar-refractivity contribution in [3.8, 4) is 0 Å². The molecule has 20 heavy (non-hydrogen) atoms. The fraction of sp³-hybridized carbons (Fsp3) is 0.333. The fourth-order valence-electron chi connectivity index (χ4n) is 1.38. The van der Waals surface area contributed by atoms with E-state index in [4.69, 9.17) is 5.11 Å². The van der Waals surface area contributed by atoms with E-state index in [1.165, 1.54) is 22.6 Å². The van der Waals surface area contributed by atoms with Crippen molar-refractivity contribution in [2.45, 2.75) is 18.0 Å². The van der Waals surface area contributed by atoms with Crippen LogP contribution in [0.4, 0.5) is 32.0 Å². The first-order valence-corrected chi connectivity index (χ1v) is 5.70. The van der Waals surface area contributed by atoms with Crippen LogP contribution in [-0.2, 0) is 5.60 Å². The second-order valence-electron chi connectivity index (χ2n) is 3.66.